The molecule has 0 aliphatic heterocycles. The van der Waals surface area contributed by atoms with Gasteiger partial charge in [0.1, 0.15) is 18.9 Å². The molecule has 2 aromatic carbocycles. The van der Waals surface area contributed by atoms with Gasteiger partial charge in [-0.2, -0.15) is 0 Å². The summed E-state index contributed by atoms with van der Waals surface area (Å²) in [6.45, 7) is 3.96. The molecule has 0 radical (unpaired) electrons. The van der Waals surface area contributed by atoms with E-state index in [0.717, 1.165) is 48.4 Å². The maximum atomic E-state index is 10.5. The predicted octanol–water partition coefficient (Wildman–Crippen LogP) is 1.99. The van der Waals surface area contributed by atoms with Crippen molar-refractivity contribution >= 4 is 24.9 Å². The Kier molecular flexibility index (Phi) is 24.6. The first-order valence-electron chi connectivity index (χ1n) is 8.36. The minimum atomic E-state index is 0. The zero-order valence-electron chi connectivity index (χ0n) is 16.4. The van der Waals surface area contributed by atoms with Crippen LogP contribution in [0.5, 0.6) is 0 Å². The average molecular weight is 378 g/mol. The second-order valence-electron chi connectivity index (χ2n) is 5.09. The van der Waals surface area contributed by atoms with Crippen molar-refractivity contribution in [2.24, 2.45) is 0 Å². The summed E-state index contributed by atoms with van der Waals surface area (Å²) in [5.74, 6) is 0. The molecule has 0 amide bonds. The van der Waals surface area contributed by atoms with Crippen molar-refractivity contribution in [3.05, 3.63) is 77.4 Å². The standard InChI is InChI=1S/C11H12O.C7H6O.C4H8O.Na.H2O/c1-2-10(9-12)8-11-6-4-3-5-7-11;8-6-7-4-2-1-3-5-7;1-2-3-4-5;;/h3-9H,2H2,1H3;1-6H;4H,2-3H2,1H3;;1H2/q;;;+1;/p-1/b10-8+;;;;. The van der Waals surface area contributed by atoms with Crippen LogP contribution in [0.3, 0.4) is 0 Å². The van der Waals surface area contributed by atoms with E-state index in [1.54, 1.807) is 12.1 Å². The molecule has 0 bridgehead atoms. The summed E-state index contributed by atoms with van der Waals surface area (Å²) < 4.78 is 0. The van der Waals surface area contributed by atoms with Crippen LogP contribution < -0.4 is 29.6 Å². The van der Waals surface area contributed by atoms with Gasteiger partial charge in [0.15, 0.2) is 0 Å². The largest absolute Gasteiger partial charge is 1.00 e. The zero-order chi connectivity index (χ0) is 18.8. The summed E-state index contributed by atoms with van der Waals surface area (Å²) in [6.07, 6.45) is 7.06. The van der Waals surface area contributed by atoms with E-state index in [1.165, 1.54) is 0 Å². The van der Waals surface area contributed by atoms with Crippen LogP contribution >= 0.6 is 0 Å². The van der Waals surface area contributed by atoms with Gasteiger partial charge in [-0.15, -0.1) is 0 Å². The molecule has 0 aliphatic carbocycles. The van der Waals surface area contributed by atoms with Gasteiger partial charge >= 0.3 is 29.6 Å². The van der Waals surface area contributed by atoms with Gasteiger partial charge in [0.25, 0.3) is 0 Å². The van der Waals surface area contributed by atoms with Gasteiger partial charge in [0.2, 0.25) is 0 Å². The molecule has 0 saturated heterocycles. The first-order valence-corrected chi connectivity index (χ1v) is 8.36. The smallest absolute Gasteiger partial charge is 0.870 e. The number of allylic oxidation sites excluding steroid dienone is 1. The Morgan fingerprint density at radius 2 is 1.30 bits per heavy atom. The molecule has 0 atom stereocenters. The second kappa shape index (κ2) is 22.2. The molecule has 0 aliphatic rings. The van der Waals surface area contributed by atoms with Gasteiger partial charge in [-0.25, -0.2) is 0 Å². The minimum Gasteiger partial charge on any atom is -0.870 e. The average Bonchev–Trinajstić information content (AvgIpc) is 2.69. The number of carbonyl (C=O) groups is 3. The Labute approximate surface area is 184 Å². The predicted molar refractivity (Wildman–Crippen MR) is 106 cm³/mol. The van der Waals surface area contributed by atoms with E-state index in [2.05, 4.69) is 0 Å². The van der Waals surface area contributed by atoms with E-state index in [0.29, 0.717) is 6.42 Å². The van der Waals surface area contributed by atoms with Gasteiger partial charge in [-0.3, -0.25) is 9.59 Å². The fourth-order valence-electron chi connectivity index (χ4n) is 1.63. The van der Waals surface area contributed by atoms with E-state index in [9.17, 15) is 14.4 Å². The third-order valence-corrected chi connectivity index (χ3v) is 3.05. The van der Waals surface area contributed by atoms with Crippen LogP contribution in [0.15, 0.2) is 66.2 Å². The number of carbonyl (C=O) groups excluding carboxylic acids is 3. The fraction of sp³-hybridized carbons (Fsp3) is 0.227. The van der Waals surface area contributed by atoms with Crippen molar-refractivity contribution in [1.29, 1.82) is 0 Å². The summed E-state index contributed by atoms with van der Waals surface area (Å²) in [5, 5.41) is 0. The molecule has 2 rings (SSSR count). The SMILES string of the molecule is CC/C(C=O)=C\c1ccccc1.CCCC=O.O=Cc1ccccc1.[Na+].[OH-]. The van der Waals surface area contributed by atoms with Crippen LogP contribution in [0.4, 0.5) is 0 Å². The zero-order valence-corrected chi connectivity index (χ0v) is 18.4. The summed E-state index contributed by atoms with van der Waals surface area (Å²) in [6, 6.07) is 19.0. The van der Waals surface area contributed by atoms with Crippen molar-refractivity contribution in [1.82, 2.24) is 0 Å². The Morgan fingerprint density at radius 1 is 0.815 bits per heavy atom. The third-order valence-electron chi connectivity index (χ3n) is 3.05. The molecule has 140 valence electrons. The normalized spacial score (nSPS) is 8.89. The van der Waals surface area contributed by atoms with Gasteiger partial charge in [-0.05, 0) is 30.1 Å². The van der Waals surface area contributed by atoms with Crippen LogP contribution in [-0.4, -0.2) is 24.3 Å². The first-order chi connectivity index (χ1) is 12.2. The summed E-state index contributed by atoms with van der Waals surface area (Å²) in [4.78, 5) is 29.9. The summed E-state index contributed by atoms with van der Waals surface area (Å²) in [5.41, 5.74) is 2.65. The van der Waals surface area contributed by atoms with E-state index >= 15 is 0 Å². The number of unbranched alkanes of at least 4 members (excludes halogenated alkanes) is 1. The van der Waals surface area contributed by atoms with E-state index in [-0.39, 0.29) is 35.0 Å². The number of hydrogen-bond acceptors (Lipinski definition) is 4. The maximum absolute atomic E-state index is 10.5. The molecule has 0 unspecified atom stereocenters. The number of aldehydes is 3. The van der Waals surface area contributed by atoms with Gasteiger partial charge < -0.3 is 10.3 Å². The Bertz CT molecular complexity index is 625. The van der Waals surface area contributed by atoms with Crippen LogP contribution in [0.1, 0.15) is 49.0 Å². The van der Waals surface area contributed by atoms with Crippen LogP contribution in [0, 0.1) is 0 Å². The Morgan fingerprint density at radius 3 is 1.56 bits per heavy atom. The molecule has 0 spiro atoms. The van der Waals surface area contributed by atoms with E-state index < -0.39 is 0 Å². The van der Waals surface area contributed by atoms with Crippen molar-refractivity contribution in [2.75, 3.05) is 0 Å². The molecule has 27 heavy (non-hydrogen) atoms. The van der Waals surface area contributed by atoms with Crippen LogP contribution in [0.2, 0.25) is 0 Å². The third kappa shape index (κ3) is 17.3. The number of benzene rings is 2. The number of hydrogen-bond donors (Lipinski definition) is 0. The molecule has 0 aromatic heterocycles. The van der Waals surface area contributed by atoms with Crippen LogP contribution in [0.25, 0.3) is 6.08 Å². The Balaban J connectivity index is -0.000000337. The molecule has 4 nitrogen and oxygen atoms in total. The topological polar surface area (TPSA) is 81.2 Å². The summed E-state index contributed by atoms with van der Waals surface area (Å²) >= 11 is 0. The van der Waals surface area contributed by atoms with Gasteiger partial charge in [-0.1, -0.05) is 74.5 Å². The van der Waals surface area contributed by atoms with Crippen molar-refractivity contribution < 1.29 is 49.4 Å². The molecule has 0 heterocycles. The molecular weight excluding hydrogens is 351 g/mol. The van der Waals surface area contributed by atoms with E-state index in [1.807, 2.05) is 68.5 Å². The first kappa shape index (κ1) is 29.9. The Hall–Kier alpha value is -1.85. The number of rotatable bonds is 6. The fourth-order valence-corrected chi connectivity index (χ4v) is 1.63. The molecule has 5 heteroatoms. The molecular formula is C22H27NaO4. The van der Waals surface area contributed by atoms with Gasteiger partial charge in [0.05, 0.1) is 0 Å². The second-order valence-corrected chi connectivity index (χ2v) is 5.09. The van der Waals surface area contributed by atoms with Crippen molar-refractivity contribution in [2.45, 2.75) is 33.1 Å². The molecule has 2 aromatic rings. The quantitative estimate of drug-likeness (QED) is 0.437. The molecule has 0 saturated carbocycles. The minimum absolute atomic E-state index is 0. The van der Waals surface area contributed by atoms with Crippen LogP contribution in [-0.2, 0) is 9.59 Å². The van der Waals surface area contributed by atoms with Gasteiger partial charge in [0, 0.05) is 12.0 Å². The maximum Gasteiger partial charge on any atom is 1.00 e. The molecule has 1 N–H and O–H groups in total. The molecule has 0 fully saturated rings. The van der Waals surface area contributed by atoms with Crippen molar-refractivity contribution in [3.63, 3.8) is 0 Å². The summed E-state index contributed by atoms with van der Waals surface area (Å²) in [7, 11) is 0. The van der Waals surface area contributed by atoms with Crippen molar-refractivity contribution in [3.8, 4) is 0 Å². The monoisotopic (exact) mass is 378 g/mol. The van der Waals surface area contributed by atoms with E-state index in [4.69, 9.17) is 0 Å².